The molecular weight excluding hydrogens is 288 g/mol. The summed E-state index contributed by atoms with van der Waals surface area (Å²) in [6, 6.07) is 10.7. The van der Waals surface area contributed by atoms with Crippen LogP contribution in [0, 0.1) is 0 Å². The second-order valence-corrected chi connectivity index (χ2v) is 5.91. The summed E-state index contributed by atoms with van der Waals surface area (Å²) in [5.74, 6) is 0.710. The first kappa shape index (κ1) is 17.3. The first-order chi connectivity index (χ1) is 11.3. The number of hydrogen-bond donors (Lipinski definition) is 3. The fourth-order valence-corrected chi connectivity index (χ4v) is 2.78. The van der Waals surface area contributed by atoms with Crippen molar-refractivity contribution in [2.75, 3.05) is 19.6 Å². The van der Waals surface area contributed by atoms with Gasteiger partial charge in [-0.3, -0.25) is 4.79 Å². The van der Waals surface area contributed by atoms with Gasteiger partial charge in [0.1, 0.15) is 6.54 Å². The minimum absolute atomic E-state index is 0.0374. The molecule has 1 aliphatic carbocycles. The van der Waals surface area contributed by atoms with Crippen molar-refractivity contribution in [2.24, 2.45) is 4.99 Å². The Kier molecular flexibility index (Phi) is 7.43. The highest BCUT2D eigenvalue weighted by atomic mass is 16.1. The number of guanidine groups is 1. The molecule has 3 N–H and O–H groups in total. The molecule has 0 atom stereocenters. The number of benzene rings is 1. The zero-order valence-electron chi connectivity index (χ0n) is 14.0. The summed E-state index contributed by atoms with van der Waals surface area (Å²) in [7, 11) is 0. The first-order valence-electron chi connectivity index (χ1n) is 8.63. The van der Waals surface area contributed by atoms with Gasteiger partial charge in [-0.2, -0.15) is 0 Å². The van der Waals surface area contributed by atoms with E-state index in [4.69, 9.17) is 0 Å². The number of rotatable bonds is 7. The molecule has 0 unspecified atom stereocenters. The number of aliphatic imine (C=N–C) groups is 1. The maximum atomic E-state index is 11.9. The Labute approximate surface area is 139 Å². The number of carbonyl (C=O) groups excluding carboxylic acids is 1. The van der Waals surface area contributed by atoms with Crippen LogP contribution in [0.4, 0.5) is 0 Å². The Morgan fingerprint density at radius 2 is 1.91 bits per heavy atom. The molecule has 1 fully saturated rings. The molecule has 5 nitrogen and oxygen atoms in total. The standard InChI is InChI=1S/C18H28N4O/c1-2-19-18(22-16-10-6-7-11-16)21-14-17(23)20-13-12-15-8-4-3-5-9-15/h3-5,8-9,16H,2,6-7,10-14H2,1H3,(H,20,23)(H2,19,21,22). The molecule has 1 amide bonds. The van der Waals surface area contributed by atoms with Crippen molar-refractivity contribution in [1.82, 2.24) is 16.0 Å². The lowest BCUT2D eigenvalue weighted by atomic mass is 10.1. The summed E-state index contributed by atoms with van der Waals surface area (Å²) in [6.07, 6.45) is 5.77. The van der Waals surface area contributed by atoms with Gasteiger partial charge in [0.15, 0.2) is 5.96 Å². The monoisotopic (exact) mass is 316 g/mol. The van der Waals surface area contributed by atoms with Gasteiger partial charge in [-0.15, -0.1) is 0 Å². The summed E-state index contributed by atoms with van der Waals surface area (Å²) in [4.78, 5) is 16.3. The molecule has 0 aromatic heterocycles. The van der Waals surface area contributed by atoms with Gasteiger partial charge in [-0.05, 0) is 31.7 Å². The molecule has 0 aliphatic heterocycles. The van der Waals surface area contributed by atoms with Crippen molar-refractivity contribution in [3.05, 3.63) is 35.9 Å². The number of nitrogens with zero attached hydrogens (tertiary/aromatic N) is 1. The Hall–Kier alpha value is -2.04. The highest BCUT2D eigenvalue weighted by Crippen LogP contribution is 2.17. The normalized spacial score (nSPS) is 15.4. The third kappa shape index (κ3) is 6.72. The van der Waals surface area contributed by atoms with E-state index in [9.17, 15) is 4.79 Å². The summed E-state index contributed by atoms with van der Waals surface area (Å²) in [5, 5.41) is 9.54. The Bertz CT molecular complexity index is 495. The number of hydrogen-bond acceptors (Lipinski definition) is 2. The second kappa shape index (κ2) is 9.87. The third-order valence-corrected chi connectivity index (χ3v) is 4.00. The van der Waals surface area contributed by atoms with Crippen molar-refractivity contribution in [1.29, 1.82) is 0 Å². The van der Waals surface area contributed by atoms with Gasteiger partial charge >= 0.3 is 0 Å². The Morgan fingerprint density at radius 3 is 2.61 bits per heavy atom. The van der Waals surface area contributed by atoms with E-state index in [2.05, 4.69) is 33.1 Å². The first-order valence-corrected chi connectivity index (χ1v) is 8.63. The number of carbonyl (C=O) groups is 1. The fraction of sp³-hybridized carbons (Fsp3) is 0.556. The van der Waals surface area contributed by atoms with Gasteiger partial charge in [-0.1, -0.05) is 43.2 Å². The van der Waals surface area contributed by atoms with Gasteiger partial charge in [0.2, 0.25) is 5.91 Å². The Balaban J connectivity index is 1.70. The van der Waals surface area contributed by atoms with Crippen molar-refractivity contribution < 1.29 is 4.79 Å². The predicted molar refractivity (Wildman–Crippen MR) is 94.5 cm³/mol. The van der Waals surface area contributed by atoms with Gasteiger partial charge < -0.3 is 16.0 Å². The average molecular weight is 316 g/mol. The average Bonchev–Trinajstić information content (AvgIpc) is 3.07. The van der Waals surface area contributed by atoms with Crippen LogP contribution >= 0.6 is 0 Å². The molecule has 2 rings (SSSR count). The fourth-order valence-electron chi connectivity index (χ4n) is 2.78. The summed E-state index contributed by atoms with van der Waals surface area (Å²) < 4.78 is 0. The van der Waals surface area contributed by atoms with E-state index in [0.29, 0.717) is 12.6 Å². The van der Waals surface area contributed by atoms with Crippen LogP contribution in [0.2, 0.25) is 0 Å². The molecule has 0 heterocycles. The van der Waals surface area contributed by atoms with E-state index in [0.717, 1.165) is 18.9 Å². The van der Waals surface area contributed by atoms with E-state index in [-0.39, 0.29) is 12.5 Å². The number of nitrogens with one attached hydrogen (secondary N) is 3. The van der Waals surface area contributed by atoms with Crippen LogP contribution in [0.3, 0.4) is 0 Å². The van der Waals surface area contributed by atoms with Crippen LogP contribution in [-0.4, -0.2) is 37.5 Å². The van der Waals surface area contributed by atoms with Crippen LogP contribution in [0.25, 0.3) is 0 Å². The van der Waals surface area contributed by atoms with E-state index in [1.165, 1.54) is 31.2 Å². The van der Waals surface area contributed by atoms with Crippen LogP contribution in [-0.2, 0) is 11.2 Å². The maximum Gasteiger partial charge on any atom is 0.241 e. The molecule has 1 aromatic carbocycles. The predicted octanol–water partition coefficient (Wildman–Crippen LogP) is 1.84. The van der Waals surface area contributed by atoms with Crippen LogP contribution in [0.15, 0.2) is 35.3 Å². The Morgan fingerprint density at radius 1 is 1.17 bits per heavy atom. The quantitative estimate of drug-likeness (QED) is 0.531. The van der Waals surface area contributed by atoms with Gasteiger partial charge in [-0.25, -0.2) is 4.99 Å². The second-order valence-electron chi connectivity index (χ2n) is 5.91. The molecule has 23 heavy (non-hydrogen) atoms. The van der Waals surface area contributed by atoms with Gasteiger partial charge in [0.05, 0.1) is 0 Å². The summed E-state index contributed by atoms with van der Waals surface area (Å²) in [6.45, 7) is 3.64. The molecule has 1 aromatic rings. The van der Waals surface area contributed by atoms with Gasteiger partial charge in [0, 0.05) is 19.1 Å². The molecule has 0 bridgehead atoms. The molecule has 1 aliphatic rings. The van der Waals surface area contributed by atoms with Crippen molar-refractivity contribution in [2.45, 2.75) is 45.1 Å². The topological polar surface area (TPSA) is 65.5 Å². The van der Waals surface area contributed by atoms with Crippen LogP contribution in [0.1, 0.15) is 38.2 Å². The molecular formula is C18H28N4O. The summed E-state index contributed by atoms with van der Waals surface area (Å²) in [5.41, 5.74) is 1.23. The molecule has 0 saturated heterocycles. The van der Waals surface area contributed by atoms with E-state index >= 15 is 0 Å². The molecule has 0 spiro atoms. The maximum absolute atomic E-state index is 11.9. The highest BCUT2D eigenvalue weighted by molar-refractivity contribution is 5.85. The highest BCUT2D eigenvalue weighted by Gasteiger charge is 2.15. The van der Waals surface area contributed by atoms with E-state index in [1.807, 2.05) is 25.1 Å². The minimum Gasteiger partial charge on any atom is -0.357 e. The van der Waals surface area contributed by atoms with Crippen molar-refractivity contribution in [3.8, 4) is 0 Å². The van der Waals surface area contributed by atoms with Crippen LogP contribution < -0.4 is 16.0 Å². The largest absolute Gasteiger partial charge is 0.357 e. The minimum atomic E-state index is -0.0374. The van der Waals surface area contributed by atoms with Crippen molar-refractivity contribution >= 4 is 11.9 Å². The zero-order chi connectivity index (χ0) is 16.3. The lowest BCUT2D eigenvalue weighted by Crippen LogP contribution is -2.43. The molecule has 126 valence electrons. The molecule has 5 heteroatoms. The summed E-state index contributed by atoms with van der Waals surface area (Å²) >= 11 is 0. The van der Waals surface area contributed by atoms with Gasteiger partial charge in [0.25, 0.3) is 0 Å². The zero-order valence-corrected chi connectivity index (χ0v) is 14.0. The third-order valence-electron chi connectivity index (χ3n) is 4.00. The van der Waals surface area contributed by atoms with Crippen LogP contribution in [0.5, 0.6) is 0 Å². The lowest BCUT2D eigenvalue weighted by molar-refractivity contribution is -0.119. The number of amides is 1. The SMILES string of the molecule is CCNC(=NCC(=O)NCCc1ccccc1)NC1CCCC1. The molecule has 0 radical (unpaired) electrons. The van der Waals surface area contributed by atoms with Crippen molar-refractivity contribution in [3.63, 3.8) is 0 Å². The molecule has 1 saturated carbocycles. The lowest BCUT2D eigenvalue weighted by Gasteiger charge is -2.16. The van der Waals surface area contributed by atoms with E-state index < -0.39 is 0 Å². The van der Waals surface area contributed by atoms with E-state index in [1.54, 1.807) is 0 Å². The smallest absolute Gasteiger partial charge is 0.241 e.